The summed E-state index contributed by atoms with van der Waals surface area (Å²) in [6, 6.07) is 0.553. The van der Waals surface area contributed by atoms with Crippen LogP contribution in [0.1, 0.15) is 62.4 Å². The molecule has 134 valence electrons. The first kappa shape index (κ1) is 17.8. The van der Waals surface area contributed by atoms with E-state index in [0.29, 0.717) is 18.3 Å². The molecule has 0 aromatic carbocycles. The lowest BCUT2D eigenvalue weighted by molar-refractivity contribution is -0.119. The fraction of sp³-hybridized carbons (Fsp3) is 0.778. The first-order valence-electron chi connectivity index (χ1n) is 9.21. The van der Waals surface area contributed by atoms with Crippen molar-refractivity contribution < 1.29 is 9.53 Å². The van der Waals surface area contributed by atoms with E-state index in [9.17, 15) is 4.79 Å². The molecule has 2 aliphatic rings. The number of ether oxygens (including phenoxy) is 1. The standard InChI is InChI=1S/C18H29N3O2S/c1-13-14(2)21(15-7-4-3-5-8-15)18(20-13)24-12-17(22)19-11-16-9-6-10-23-16/h15-16H,3-12H2,1-2H3,(H,19,22). The predicted octanol–water partition coefficient (Wildman–Crippen LogP) is 3.39. The second kappa shape index (κ2) is 8.39. The van der Waals surface area contributed by atoms with Crippen molar-refractivity contribution in [2.75, 3.05) is 18.9 Å². The Morgan fingerprint density at radius 2 is 2.04 bits per heavy atom. The number of nitrogens with zero attached hydrogens (tertiary/aromatic N) is 2. The third kappa shape index (κ3) is 4.33. The minimum Gasteiger partial charge on any atom is -0.376 e. The molecule has 0 bridgehead atoms. The summed E-state index contributed by atoms with van der Waals surface area (Å²) in [7, 11) is 0. The quantitative estimate of drug-likeness (QED) is 0.798. The predicted molar refractivity (Wildman–Crippen MR) is 96.5 cm³/mol. The van der Waals surface area contributed by atoms with Crippen LogP contribution in [-0.4, -0.2) is 40.5 Å². The molecule has 5 nitrogen and oxygen atoms in total. The highest BCUT2D eigenvalue weighted by Crippen LogP contribution is 2.34. The Bertz CT molecular complexity index is 561. The van der Waals surface area contributed by atoms with Crippen LogP contribution in [0.2, 0.25) is 0 Å². The average molecular weight is 352 g/mol. The Labute approximate surface area is 148 Å². The molecular weight excluding hydrogens is 322 g/mol. The fourth-order valence-corrected chi connectivity index (χ4v) is 4.67. The molecule has 0 radical (unpaired) electrons. The number of rotatable bonds is 6. The summed E-state index contributed by atoms with van der Waals surface area (Å²) in [6.07, 6.45) is 8.76. The van der Waals surface area contributed by atoms with Gasteiger partial charge in [0.2, 0.25) is 5.91 Å². The number of aryl methyl sites for hydroxylation is 1. The Hall–Kier alpha value is -1.01. The summed E-state index contributed by atoms with van der Waals surface area (Å²) in [5, 5.41) is 4.00. The highest BCUT2D eigenvalue weighted by atomic mass is 32.2. The Morgan fingerprint density at radius 3 is 2.75 bits per heavy atom. The van der Waals surface area contributed by atoms with Crippen molar-refractivity contribution >= 4 is 17.7 Å². The van der Waals surface area contributed by atoms with Gasteiger partial charge in [-0.05, 0) is 39.5 Å². The van der Waals surface area contributed by atoms with Crippen LogP contribution in [0.4, 0.5) is 0 Å². The Morgan fingerprint density at radius 1 is 1.25 bits per heavy atom. The van der Waals surface area contributed by atoms with Gasteiger partial charge >= 0.3 is 0 Å². The molecule has 1 atom stereocenters. The van der Waals surface area contributed by atoms with Crippen molar-refractivity contribution in [1.82, 2.24) is 14.9 Å². The molecule has 1 saturated carbocycles. The summed E-state index contributed by atoms with van der Waals surface area (Å²) in [5.41, 5.74) is 2.34. The molecule has 0 spiro atoms. The molecule has 24 heavy (non-hydrogen) atoms. The number of carbonyl (C=O) groups is 1. The number of aromatic nitrogens is 2. The lowest BCUT2D eigenvalue weighted by atomic mass is 9.95. The molecule has 2 fully saturated rings. The van der Waals surface area contributed by atoms with Gasteiger partial charge in [0, 0.05) is 24.9 Å². The van der Waals surface area contributed by atoms with E-state index in [2.05, 4.69) is 23.7 Å². The number of hydrogen-bond acceptors (Lipinski definition) is 4. The van der Waals surface area contributed by atoms with Crippen molar-refractivity contribution in [2.45, 2.75) is 76.1 Å². The molecule has 1 amide bonds. The molecule has 1 saturated heterocycles. The lowest BCUT2D eigenvalue weighted by Gasteiger charge is -2.26. The summed E-state index contributed by atoms with van der Waals surface area (Å²) in [5.74, 6) is 0.499. The van der Waals surface area contributed by atoms with E-state index < -0.39 is 0 Å². The highest BCUT2D eigenvalue weighted by molar-refractivity contribution is 7.99. The van der Waals surface area contributed by atoms with Gasteiger partial charge in [0.1, 0.15) is 0 Å². The number of amides is 1. The maximum Gasteiger partial charge on any atom is 0.230 e. The fourth-order valence-electron chi connectivity index (χ4n) is 3.68. The topological polar surface area (TPSA) is 56.1 Å². The molecule has 1 aliphatic carbocycles. The third-order valence-electron chi connectivity index (χ3n) is 5.18. The number of hydrogen-bond donors (Lipinski definition) is 1. The van der Waals surface area contributed by atoms with E-state index in [1.165, 1.54) is 37.8 Å². The Kier molecular flexibility index (Phi) is 6.22. The second-order valence-electron chi connectivity index (χ2n) is 6.95. The zero-order chi connectivity index (χ0) is 16.9. The number of carbonyl (C=O) groups excluding carboxylic acids is 1. The van der Waals surface area contributed by atoms with Gasteiger partial charge in [0.15, 0.2) is 5.16 Å². The number of imidazole rings is 1. The summed E-state index contributed by atoms with van der Waals surface area (Å²) in [4.78, 5) is 16.8. The van der Waals surface area contributed by atoms with Crippen LogP contribution in [0, 0.1) is 13.8 Å². The Balaban J connectivity index is 1.55. The SMILES string of the molecule is Cc1nc(SCC(=O)NCC2CCCO2)n(C2CCCCC2)c1C. The van der Waals surface area contributed by atoms with Crippen molar-refractivity contribution in [3.05, 3.63) is 11.4 Å². The molecule has 1 aromatic rings. The van der Waals surface area contributed by atoms with Crippen LogP contribution in [-0.2, 0) is 9.53 Å². The van der Waals surface area contributed by atoms with Gasteiger partial charge in [-0.2, -0.15) is 0 Å². The van der Waals surface area contributed by atoms with E-state index >= 15 is 0 Å². The first-order chi connectivity index (χ1) is 11.6. The van der Waals surface area contributed by atoms with Crippen LogP contribution in [0.25, 0.3) is 0 Å². The van der Waals surface area contributed by atoms with Crippen LogP contribution < -0.4 is 5.32 Å². The number of thioether (sulfide) groups is 1. The molecule has 1 aromatic heterocycles. The summed E-state index contributed by atoms with van der Waals surface area (Å²) < 4.78 is 7.93. The van der Waals surface area contributed by atoms with Gasteiger partial charge in [-0.3, -0.25) is 4.79 Å². The maximum atomic E-state index is 12.1. The van der Waals surface area contributed by atoms with E-state index in [4.69, 9.17) is 9.72 Å². The zero-order valence-electron chi connectivity index (χ0n) is 14.8. The normalized spacial score (nSPS) is 22.0. The van der Waals surface area contributed by atoms with E-state index in [0.717, 1.165) is 30.3 Å². The van der Waals surface area contributed by atoms with Crippen molar-refractivity contribution in [3.8, 4) is 0 Å². The van der Waals surface area contributed by atoms with Crippen molar-refractivity contribution in [2.24, 2.45) is 0 Å². The van der Waals surface area contributed by atoms with E-state index in [1.54, 1.807) is 11.8 Å². The highest BCUT2D eigenvalue weighted by Gasteiger charge is 2.22. The van der Waals surface area contributed by atoms with Gasteiger partial charge in [-0.15, -0.1) is 0 Å². The zero-order valence-corrected chi connectivity index (χ0v) is 15.7. The van der Waals surface area contributed by atoms with Gasteiger partial charge in [-0.1, -0.05) is 31.0 Å². The minimum atomic E-state index is 0.0731. The first-order valence-corrected chi connectivity index (χ1v) is 10.2. The van der Waals surface area contributed by atoms with E-state index in [-0.39, 0.29) is 12.0 Å². The van der Waals surface area contributed by atoms with Crippen molar-refractivity contribution in [3.63, 3.8) is 0 Å². The van der Waals surface area contributed by atoms with Crippen LogP contribution in [0.5, 0.6) is 0 Å². The average Bonchev–Trinajstić information content (AvgIpc) is 3.21. The molecule has 1 aliphatic heterocycles. The second-order valence-corrected chi connectivity index (χ2v) is 7.90. The molecule has 3 rings (SSSR count). The molecule has 1 N–H and O–H groups in total. The van der Waals surface area contributed by atoms with Gasteiger partial charge in [0.05, 0.1) is 17.6 Å². The van der Waals surface area contributed by atoms with Crippen LogP contribution in [0.3, 0.4) is 0 Å². The smallest absolute Gasteiger partial charge is 0.230 e. The van der Waals surface area contributed by atoms with Gasteiger partial charge < -0.3 is 14.6 Å². The van der Waals surface area contributed by atoms with Crippen LogP contribution >= 0.6 is 11.8 Å². The molecule has 2 heterocycles. The van der Waals surface area contributed by atoms with Crippen LogP contribution in [0.15, 0.2) is 5.16 Å². The largest absolute Gasteiger partial charge is 0.376 e. The lowest BCUT2D eigenvalue weighted by Crippen LogP contribution is -2.33. The van der Waals surface area contributed by atoms with Gasteiger partial charge in [-0.25, -0.2) is 4.98 Å². The maximum absolute atomic E-state index is 12.1. The molecule has 6 heteroatoms. The molecule has 1 unspecified atom stereocenters. The monoisotopic (exact) mass is 351 g/mol. The summed E-state index contributed by atoms with van der Waals surface area (Å²) >= 11 is 1.57. The third-order valence-corrected chi connectivity index (χ3v) is 6.13. The van der Waals surface area contributed by atoms with Gasteiger partial charge in [0.25, 0.3) is 0 Å². The summed E-state index contributed by atoms with van der Waals surface area (Å²) in [6.45, 7) is 5.68. The number of nitrogens with one attached hydrogen (secondary N) is 1. The van der Waals surface area contributed by atoms with E-state index in [1.807, 2.05) is 0 Å². The molecular formula is C18H29N3O2S. The minimum absolute atomic E-state index is 0.0731. The van der Waals surface area contributed by atoms with Crippen molar-refractivity contribution in [1.29, 1.82) is 0 Å².